The second-order valence-corrected chi connectivity index (χ2v) is 6.06. The minimum absolute atomic E-state index is 1.11. The van der Waals surface area contributed by atoms with Gasteiger partial charge in [-0.05, 0) is 54.1 Å². The highest BCUT2D eigenvalue weighted by molar-refractivity contribution is 8.00. The largest absolute Gasteiger partial charge is 0.312 e. The number of benzene rings is 2. The van der Waals surface area contributed by atoms with Crippen molar-refractivity contribution in [1.82, 2.24) is 0 Å². The highest BCUT2D eigenvalue weighted by Gasteiger charge is 2.19. The zero-order valence-corrected chi connectivity index (χ0v) is 12.1. The first kappa shape index (κ1) is 12.6. The van der Waals surface area contributed by atoms with E-state index in [2.05, 4.69) is 59.8 Å². The Balaban J connectivity index is 1.72. The van der Waals surface area contributed by atoms with Gasteiger partial charge in [-0.3, -0.25) is 0 Å². The van der Waals surface area contributed by atoms with E-state index in [0.717, 1.165) is 13.0 Å². The van der Waals surface area contributed by atoms with E-state index in [0.29, 0.717) is 0 Å². The average Bonchev–Trinajstić information content (AvgIpc) is 2.85. The first-order chi connectivity index (χ1) is 9.36. The lowest BCUT2D eigenvalue weighted by atomic mass is 10.1. The number of rotatable bonds is 4. The van der Waals surface area contributed by atoms with Gasteiger partial charge in [0.2, 0.25) is 0 Å². The van der Waals surface area contributed by atoms with Gasteiger partial charge in [0, 0.05) is 11.4 Å². The topological polar surface area (TPSA) is 3.24 Å². The van der Waals surface area contributed by atoms with Crippen LogP contribution in [0.5, 0.6) is 0 Å². The van der Waals surface area contributed by atoms with Crippen molar-refractivity contribution in [2.24, 2.45) is 0 Å². The van der Waals surface area contributed by atoms with Crippen LogP contribution in [0.1, 0.15) is 24.5 Å². The minimum Gasteiger partial charge on any atom is -0.312 e. The molecule has 0 unspecified atom stereocenters. The Bertz CT molecular complexity index is 547. The molecule has 1 aliphatic heterocycles. The normalized spacial score (nSPS) is 13.6. The number of hydrogen-bond acceptors (Lipinski definition) is 2. The molecule has 2 aromatic carbocycles. The summed E-state index contributed by atoms with van der Waals surface area (Å²) in [4.78, 5) is 1.33. The quantitative estimate of drug-likeness (QED) is 0.740. The maximum atomic E-state index is 2.41. The number of anilines is 1. The molecule has 0 amide bonds. The molecule has 19 heavy (non-hydrogen) atoms. The lowest BCUT2D eigenvalue weighted by molar-refractivity contribution is 0.920. The van der Waals surface area contributed by atoms with Crippen LogP contribution in [0.2, 0.25) is 0 Å². The third-order valence-electron chi connectivity index (χ3n) is 3.52. The molecule has 98 valence electrons. The van der Waals surface area contributed by atoms with Crippen LogP contribution in [0.3, 0.4) is 0 Å². The van der Waals surface area contributed by atoms with E-state index in [-0.39, 0.29) is 0 Å². The van der Waals surface area contributed by atoms with Crippen molar-refractivity contribution in [1.29, 1.82) is 0 Å². The molecule has 0 bridgehead atoms. The van der Waals surface area contributed by atoms with Crippen LogP contribution in [-0.2, 0) is 12.8 Å². The summed E-state index contributed by atoms with van der Waals surface area (Å²) >= 11 is 1.85. The van der Waals surface area contributed by atoms with E-state index in [9.17, 15) is 0 Å². The Morgan fingerprint density at radius 3 is 2.63 bits per heavy atom. The molecule has 2 heteroatoms. The Morgan fingerprint density at radius 2 is 1.84 bits per heavy atom. The summed E-state index contributed by atoms with van der Waals surface area (Å²) in [6.07, 6.45) is 3.56. The molecule has 0 saturated heterocycles. The number of para-hydroxylation sites is 1. The molecule has 1 nitrogen and oxygen atoms in total. The predicted molar refractivity (Wildman–Crippen MR) is 83.8 cm³/mol. The lowest BCUT2D eigenvalue weighted by Crippen LogP contribution is -2.09. The number of fused-ring (bicyclic) bond motifs is 1. The van der Waals surface area contributed by atoms with Crippen LogP contribution in [0.15, 0.2) is 53.4 Å². The SMILES string of the molecule is CCCc1ccc(SN2CCc3ccccc32)cc1. The first-order valence-corrected chi connectivity index (χ1v) is 7.76. The van der Waals surface area contributed by atoms with Crippen LogP contribution in [0.4, 0.5) is 5.69 Å². The molecule has 0 saturated carbocycles. The summed E-state index contributed by atoms with van der Waals surface area (Å²) in [7, 11) is 0. The molecule has 0 aromatic heterocycles. The molecule has 0 spiro atoms. The zero-order valence-electron chi connectivity index (χ0n) is 11.3. The van der Waals surface area contributed by atoms with Gasteiger partial charge in [0.15, 0.2) is 0 Å². The second kappa shape index (κ2) is 5.70. The van der Waals surface area contributed by atoms with Gasteiger partial charge in [0.25, 0.3) is 0 Å². The van der Waals surface area contributed by atoms with Crippen molar-refractivity contribution in [3.8, 4) is 0 Å². The lowest BCUT2D eigenvalue weighted by Gasteiger charge is -2.17. The van der Waals surface area contributed by atoms with Gasteiger partial charge >= 0.3 is 0 Å². The van der Waals surface area contributed by atoms with Crippen molar-refractivity contribution in [2.45, 2.75) is 31.1 Å². The highest BCUT2D eigenvalue weighted by Crippen LogP contribution is 2.36. The van der Waals surface area contributed by atoms with Crippen molar-refractivity contribution in [2.75, 3.05) is 10.8 Å². The monoisotopic (exact) mass is 269 g/mol. The Labute approximate surface area is 119 Å². The van der Waals surface area contributed by atoms with Gasteiger partial charge < -0.3 is 4.31 Å². The van der Waals surface area contributed by atoms with E-state index in [1.54, 1.807) is 0 Å². The number of hydrogen-bond donors (Lipinski definition) is 0. The van der Waals surface area contributed by atoms with Crippen molar-refractivity contribution in [3.63, 3.8) is 0 Å². The standard InChI is InChI=1S/C17H19NS/c1-2-5-14-8-10-16(11-9-14)19-18-13-12-15-6-3-4-7-17(15)18/h3-4,6-11H,2,5,12-13H2,1H3. The molecular formula is C17H19NS. The second-order valence-electron chi connectivity index (χ2n) is 4.97. The average molecular weight is 269 g/mol. The van der Waals surface area contributed by atoms with Crippen molar-refractivity contribution in [3.05, 3.63) is 59.7 Å². The molecule has 2 aromatic rings. The third-order valence-corrected chi connectivity index (χ3v) is 4.60. The maximum absolute atomic E-state index is 2.41. The number of aryl methyl sites for hydroxylation is 1. The molecule has 0 radical (unpaired) electrons. The van der Waals surface area contributed by atoms with E-state index < -0.39 is 0 Å². The molecule has 0 atom stereocenters. The van der Waals surface area contributed by atoms with Crippen LogP contribution in [0, 0.1) is 0 Å². The fraction of sp³-hybridized carbons (Fsp3) is 0.294. The van der Waals surface area contributed by atoms with Gasteiger partial charge in [0.05, 0.1) is 5.69 Å². The van der Waals surface area contributed by atoms with E-state index in [1.165, 1.54) is 34.6 Å². The molecule has 0 N–H and O–H groups in total. The molecule has 0 aliphatic carbocycles. The third kappa shape index (κ3) is 2.79. The Kier molecular flexibility index (Phi) is 3.79. The first-order valence-electron chi connectivity index (χ1n) is 6.99. The number of nitrogens with zero attached hydrogens (tertiary/aromatic N) is 1. The van der Waals surface area contributed by atoms with Crippen LogP contribution in [-0.4, -0.2) is 6.54 Å². The van der Waals surface area contributed by atoms with Crippen molar-refractivity contribution >= 4 is 17.6 Å². The summed E-state index contributed by atoms with van der Waals surface area (Å²) in [6, 6.07) is 17.7. The fourth-order valence-electron chi connectivity index (χ4n) is 2.54. The van der Waals surface area contributed by atoms with Crippen LogP contribution >= 0.6 is 11.9 Å². The van der Waals surface area contributed by atoms with Gasteiger partial charge in [-0.2, -0.15) is 0 Å². The summed E-state index contributed by atoms with van der Waals surface area (Å²) in [5, 5.41) is 0. The molecule has 3 rings (SSSR count). The van der Waals surface area contributed by atoms with E-state index in [4.69, 9.17) is 0 Å². The smallest absolute Gasteiger partial charge is 0.0505 e. The molecule has 1 heterocycles. The van der Waals surface area contributed by atoms with Gasteiger partial charge in [-0.1, -0.05) is 43.7 Å². The minimum atomic E-state index is 1.11. The van der Waals surface area contributed by atoms with Crippen molar-refractivity contribution < 1.29 is 0 Å². The van der Waals surface area contributed by atoms with E-state index >= 15 is 0 Å². The fourth-order valence-corrected chi connectivity index (χ4v) is 3.51. The van der Waals surface area contributed by atoms with E-state index in [1.807, 2.05) is 11.9 Å². The summed E-state index contributed by atoms with van der Waals surface area (Å²) in [5.41, 5.74) is 4.29. The molecule has 0 fully saturated rings. The van der Waals surface area contributed by atoms with Gasteiger partial charge in [-0.15, -0.1) is 0 Å². The summed E-state index contributed by atoms with van der Waals surface area (Å²) in [6.45, 7) is 3.34. The maximum Gasteiger partial charge on any atom is 0.0505 e. The van der Waals surface area contributed by atoms with Crippen LogP contribution in [0.25, 0.3) is 0 Å². The summed E-state index contributed by atoms with van der Waals surface area (Å²) < 4.78 is 2.41. The van der Waals surface area contributed by atoms with Gasteiger partial charge in [0.1, 0.15) is 0 Å². The predicted octanol–water partition coefficient (Wildman–Crippen LogP) is 4.71. The Hall–Kier alpha value is -1.41. The molecule has 1 aliphatic rings. The highest BCUT2D eigenvalue weighted by atomic mass is 32.2. The summed E-state index contributed by atoms with van der Waals surface area (Å²) in [5.74, 6) is 0. The van der Waals surface area contributed by atoms with Gasteiger partial charge in [-0.25, -0.2) is 0 Å². The Morgan fingerprint density at radius 1 is 1.05 bits per heavy atom. The van der Waals surface area contributed by atoms with Crippen LogP contribution < -0.4 is 4.31 Å². The zero-order chi connectivity index (χ0) is 13.1. The molecular weight excluding hydrogens is 250 g/mol.